The number of carbonyl (C=O) groups excluding carboxylic acids is 1. The Kier molecular flexibility index (Phi) is 6.02. The number of carbonyl (C=O) groups is 3. The van der Waals surface area contributed by atoms with Crippen LogP contribution in [0, 0.1) is 0 Å². The van der Waals surface area contributed by atoms with Crippen LogP contribution in [-0.2, 0) is 25.7 Å². The van der Waals surface area contributed by atoms with Crippen LogP contribution in [-0.4, -0.2) is 34.4 Å². The molecule has 1 aromatic rings. The Morgan fingerprint density at radius 1 is 1.10 bits per heavy atom. The van der Waals surface area contributed by atoms with E-state index in [0.29, 0.717) is 0 Å². The molecule has 0 heterocycles. The van der Waals surface area contributed by atoms with Gasteiger partial charge in [-0.25, -0.2) is 9.59 Å². The van der Waals surface area contributed by atoms with Crippen LogP contribution in [0.25, 0.3) is 0 Å². The topological polar surface area (TPSA) is 110 Å². The molecule has 1 atom stereocenters. The van der Waals surface area contributed by atoms with Crippen molar-refractivity contribution >= 4 is 18.1 Å². The van der Waals surface area contributed by atoms with Crippen LogP contribution < -0.4 is 0 Å². The summed E-state index contributed by atoms with van der Waals surface area (Å²) in [5.41, 5.74) is 0.724. The fourth-order valence-corrected chi connectivity index (χ4v) is 1.35. The molecular weight excluding hydrogens is 268 g/mol. The van der Waals surface area contributed by atoms with Crippen molar-refractivity contribution in [3.8, 4) is 0 Å². The van der Waals surface area contributed by atoms with Crippen molar-refractivity contribution in [2.45, 2.75) is 25.6 Å². The minimum atomic E-state index is -1.53. The van der Waals surface area contributed by atoms with E-state index in [1.54, 1.807) is 30.3 Å². The van der Waals surface area contributed by atoms with Crippen LogP contribution in [0.15, 0.2) is 30.3 Å². The molecule has 0 radical (unpaired) electrons. The Labute approximate surface area is 114 Å². The summed E-state index contributed by atoms with van der Waals surface area (Å²) in [6.45, 7) is -0.0507. The fraction of sp³-hybridized carbons (Fsp3) is 0.308. The van der Waals surface area contributed by atoms with Gasteiger partial charge in [-0.2, -0.15) is 0 Å². The summed E-state index contributed by atoms with van der Waals surface area (Å²) in [5.74, 6) is -2.58. The highest BCUT2D eigenvalue weighted by atomic mass is 16.7. The van der Waals surface area contributed by atoms with Gasteiger partial charge in [0.2, 0.25) is 6.10 Å². The second-order valence-electron chi connectivity index (χ2n) is 3.90. The third-order valence-electron chi connectivity index (χ3n) is 2.33. The third-order valence-corrected chi connectivity index (χ3v) is 2.33. The van der Waals surface area contributed by atoms with Gasteiger partial charge < -0.3 is 19.7 Å². The monoisotopic (exact) mass is 282 g/mol. The largest absolute Gasteiger partial charge is 0.509 e. The number of ether oxygens (including phenoxy) is 2. The number of carboxylic acids is 2. The smallest absolute Gasteiger partial charge is 0.481 e. The van der Waals surface area contributed by atoms with Crippen molar-refractivity contribution in [1.29, 1.82) is 0 Å². The highest BCUT2D eigenvalue weighted by Crippen LogP contribution is 2.07. The molecule has 0 aromatic heterocycles. The lowest BCUT2D eigenvalue weighted by Gasteiger charge is -2.12. The normalized spacial score (nSPS) is 11.4. The van der Waals surface area contributed by atoms with Gasteiger partial charge in [-0.05, 0) is 5.56 Å². The predicted molar refractivity (Wildman–Crippen MR) is 66.0 cm³/mol. The molecule has 20 heavy (non-hydrogen) atoms. The third kappa shape index (κ3) is 5.85. The van der Waals surface area contributed by atoms with Crippen LogP contribution in [0.1, 0.15) is 18.4 Å². The first-order chi connectivity index (χ1) is 9.49. The van der Waals surface area contributed by atoms with Crippen LogP contribution in [0.3, 0.4) is 0 Å². The lowest BCUT2D eigenvalue weighted by molar-refractivity contribution is -0.149. The molecule has 0 fully saturated rings. The average molecular weight is 282 g/mol. The molecule has 0 saturated heterocycles. The first-order valence-corrected chi connectivity index (χ1v) is 5.81. The molecule has 0 amide bonds. The summed E-state index contributed by atoms with van der Waals surface area (Å²) >= 11 is 0. The van der Waals surface area contributed by atoms with Gasteiger partial charge in [0.05, 0.1) is 0 Å². The van der Waals surface area contributed by atoms with Crippen molar-refractivity contribution in [3.05, 3.63) is 35.9 Å². The number of carboxylic acid groups (broad SMARTS) is 2. The van der Waals surface area contributed by atoms with Crippen LogP contribution in [0.2, 0.25) is 0 Å². The number of aliphatic carboxylic acids is 2. The van der Waals surface area contributed by atoms with Crippen molar-refractivity contribution in [2.24, 2.45) is 0 Å². The first-order valence-electron chi connectivity index (χ1n) is 5.81. The van der Waals surface area contributed by atoms with Crippen LogP contribution >= 0.6 is 0 Å². The lowest BCUT2D eigenvalue weighted by atomic mass is 10.2. The van der Waals surface area contributed by atoms with E-state index in [9.17, 15) is 14.4 Å². The maximum atomic E-state index is 11.3. The minimum absolute atomic E-state index is 0.0507. The van der Waals surface area contributed by atoms with Gasteiger partial charge in [-0.1, -0.05) is 30.3 Å². The summed E-state index contributed by atoms with van der Waals surface area (Å²) in [5, 5.41) is 17.3. The van der Waals surface area contributed by atoms with E-state index in [4.69, 9.17) is 14.9 Å². The molecular formula is C13H14O7. The van der Waals surface area contributed by atoms with Gasteiger partial charge >= 0.3 is 18.1 Å². The second kappa shape index (κ2) is 7.78. The summed E-state index contributed by atoms with van der Waals surface area (Å²) in [7, 11) is 0. The zero-order valence-corrected chi connectivity index (χ0v) is 10.5. The van der Waals surface area contributed by atoms with E-state index in [-0.39, 0.29) is 13.0 Å². The summed E-state index contributed by atoms with van der Waals surface area (Å²) in [6, 6.07) is 8.78. The van der Waals surface area contributed by atoms with Crippen molar-refractivity contribution < 1.29 is 34.1 Å². The summed E-state index contributed by atoms with van der Waals surface area (Å²) < 4.78 is 9.30. The molecule has 0 spiro atoms. The number of hydrogen-bond acceptors (Lipinski definition) is 5. The second-order valence-corrected chi connectivity index (χ2v) is 3.90. The zero-order chi connectivity index (χ0) is 15.0. The Balaban J connectivity index is 2.41. The molecule has 1 aromatic carbocycles. The highest BCUT2D eigenvalue weighted by molar-refractivity contribution is 5.76. The van der Waals surface area contributed by atoms with Gasteiger partial charge in [-0.15, -0.1) is 0 Å². The molecule has 0 bridgehead atoms. The van der Waals surface area contributed by atoms with E-state index in [2.05, 4.69) is 4.74 Å². The summed E-state index contributed by atoms with van der Waals surface area (Å²) in [4.78, 5) is 32.5. The quantitative estimate of drug-likeness (QED) is 0.731. The van der Waals surface area contributed by atoms with Crippen molar-refractivity contribution in [3.63, 3.8) is 0 Å². The van der Waals surface area contributed by atoms with Crippen LogP contribution in [0.5, 0.6) is 0 Å². The molecule has 1 rings (SSSR count). The van der Waals surface area contributed by atoms with Crippen molar-refractivity contribution in [1.82, 2.24) is 0 Å². The Bertz CT molecular complexity index is 469. The van der Waals surface area contributed by atoms with Gasteiger partial charge in [0.25, 0.3) is 0 Å². The molecule has 108 valence electrons. The zero-order valence-electron chi connectivity index (χ0n) is 10.5. The van der Waals surface area contributed by atoms with E-state index in [1.807, 2.05) is 0 Å². The molecule has 1 unspecified atom stereocenters. The molecule has 0 aliphatic heterocycles. The SMILES string of the molecule is O=C(O)CCC(OC(=O)OCc1ccccc1)C(=O)O. The predicted octanol–water partition coefficient (Wildman–Crippen LogP) is 1.66. The number of hydrogen-bond donors (Lipinski definition) is 2. The molecule has 7 nitrogen and oxygen atoms in total. The van der Waals surface area contributed by atoms with Gasteiger partial charge in [0, 0.05) is 12.8 Å². The standard InChI is InChI=1S/C13H14O7/c14-11(15)7-6-10(12(16)17)20-13(18)19-8-9-4-2-1-3-5-9/h1-5,10H,6-8H2,(H,14,15)(H,16,17). The van der Waals surface area contributed by atoms with E-state index in [0.717, 1.165) is 5.56 Å². The van der Waals surface area contributed by atoms with Crippen LogP contribution in [0.4, 0.5) is 4.79 Å². The maximum absolute atomic E-state index is 11.3. The van der Waals surface area contributed by atoms with Crippen molar-refractivity contribution in [2.75, 3.05) is 0 Å². The fourth-order valence-electron chi connectivity index (χ4n) is 1.35. The van der Waals surface area contributed by atoms with E-state index >= 15 is 0 Å². The summed E-state index contributed by atoms with van der Waals surface area (Å²) in [6.07, 6.45) is -3.41. The van der Waals surface area contributed by atoms with Gasteiger partial charge in [0.1, 0.15) is 6.61 Å². The number of benzene rings is 1. The maximum Gasteiger partial charge on any atom is 0.509 e. The van der Waals surface area contributed by atoms with E-state index in [1.165, 1.54) is 0 Å². The minimum Gasteiger partial charge on any atom is -0.481 e. The molecule has 7 heteroatoms. The molecule has 0 aliphatic carbocycles. The van der Waals surface area contributed by atoms with Gasteiger partial charge in [-0.3, -0.25) is 4.79 Å². The highest BCUT2D eigenvalue weighted by Gasteiger charge is 2.24. The number of rotatable bonds is 7. The molecule has 0 aliphatic rings. The first kappa shape index (κ1) is 15.5. The average Bonchev–Trinajstić information content (AvgIpc) is 2.41. The molecule has 0 saturated carbocycles. The van der Waals surface area contributed by atoms with Gasteiger partial charge in [0.15, 0.2) is 0 Å². The van der Waals surface area contributed by atoms with E-state index < -0.39 is 30.6 Å². The Morgan fingerprint density at radius 2 is 1.75 bits per heavy atom. The lowest BCUT2D eigenvalue weighted by Crippen LogP contribution is -2.28. The molecule has 2 N–H and O–H groups in total. The Hall–Kier alpha value is -2.57. The Morgan fingerprint density at radius 3 is 2.30 bits per heavy atom.